The van der Waals surface area contributed by atoms with Gasteiger partial charge in [-0.05, 0) is 32.6 Å². The predicted octanol–water partition coefficient (Wildman–Crippen LogP) is 2.48. The lowest BCUT2D eigenvalue weighted by Gasteiger charge is -2.37. The summed E-state index contributed by atoms with van der Waals surface area (Å²) in [4.78, 5) is 29.5. The summed E-state index contributed by atoms with van der Waals surface area (Å²) in [7, 11) is 0. The Balaban J connectivity index is 1.95. The van der Waals surface area contributed by atoms with Crippen LogP contribution in [0.4, 0.5) is 4.79 Å². The first-order valence-corrected chi connectivity index (χ1v) is 7.96. The number of amides is 2. The Kier molecular flexibility index (Phi) is 4.82. The highest BCUT2D eigenvalue weighted by atomic mass is 32.1. The van der Waals surface area contributed by atoms with Crippen LogP contribution in [0.25, 0.3) is 0 Å². The molecule has 116 valence electrons. The molecule has 1 aliphatic heterocycles. The van der Waals surface area contributed by atoms with E-state index in [4.69, 9.17) is 5.11 Å². The fourth-order valence-corrected chi connectivity index (χ4v) is 3.44. The van der Waals surface area contributed by atoms with Gasteiger partial charge in [0.2, 0.25) is 0 Å². The third kappa shape index (κ3) is 3.53. The van der Waals surface area contributed by atoms with E-state index in [0.29, 0.717) is 16.6 Å². The van der Waals surface area contributed by atoms with Gasteiger partial charge in [-0.1, -0.05) is 6.92 Å². The first-order valence-electron chi connectivity index (χ1n) is 7.14. The number of aromatic carboxylic acids is 1. The SMILES string of the molecule is Cc1nc(CNC(=O)N2CCCC(C)C2C)sc1C(=O)O. The minimum absolute atomic E-state index is 0.0984. The zero-order valence-corrected chi connectivity index (χ0v) is 13.4. The van der Waals surface area contributed by atoms with E-state index in [9.17, 15) is 9.59 Å². The summed E-state index contributed by atoms with van der Waals surface area (Å²) < 4.78 is 0. The number of likely N-dealkylation sites (tertiary alicyclic amines) is 1. The summed E-state index contributed by atoms with van der Waals surface area (Å²) in [6.45, 7) is 6.94. The van der Waals surface area contributed by atoms with Gasteiger partial charge >= 0.3 is 12.0 Å². The molecule has 2 atom stereocenters. The van der Waals surface area contributed by atoms with Crippen molar-refractivity contribution in [3.05, 3.63) is 15.6 Å². The van der Waals surface area contributed by atoms with Gasteiger partial charge in [-0.25, -0.2) is 14.6 Å². The number of carboxylic acid groups (broad SMARTS) is 1. The molecule has 1 aliphatic rings. The second-order valence-electron chi connectivity index (χ2n) is 5.54. The number of carbonyl (C=O) groups excluding carboxylic acids is 1. The fourth-order valence-electron chi connectivity index (χ4n) is 2.60. The lowest BCUT2D eigenvalue weighted by atomic mass is 9.92. The maximum Gasteiger partial charge on any atom is 0.347 e. The average Bonchev–Trinajstić information content (AvgIpc) is 2.80. The van der Waals surface area contributed by atoms with E-state index in [1.54, 1.807) is 6.92 Å². The van der Waals surface area contributed by atoms with Crippen LogP contribution in [-0.4, -0.2) is 39.6 Å². The van der Waals surface area contributed by atoms with Crippen molar-refractivity contribution in [3.63, 3.8) is 0 Å². The molecular formula is C14H21N3O3S. The smallest absolute Gasteiger partial charge is 0.347 e. The van der Waals surface area contributed by atoms with Crippen LogP contribution in [-0.2, 0) is 6.54 Å². The van der Waals surface area contributed by atoms with Crippen LogP contribution in [0, 0.1) is 12.8 Å². The molecule has 0 aromatic carbocycles. The minimum Gasteiger partial charge on any atom is -0.477 e. The summed E-state index contributed by atoms with van der Waals surface area (Å²) >= 11 is 1.11. The molecule has 2 heterocycles. The zero-order chi connectivity index (χ0) is 15.6. The Hall–Kier alpha value is -1.63. The number of hydrogen-bond acceptors (Lipinski definition) is 4. The Morgan fingerprint density at radius 1 is 1.48 bits per heavy atom. The maximum atomic E-state index is 12.2. The molecule has 0 aliphatic carbocycles. The predicted molar refractivity (Wildman–Crippen MR) is 80.6 cm³/mol. The van der Waals surface area contributed by atoms with Crippen molar-refractivity contribution in [2.24, 2.45) is 5.92 Å². The van der Waals surface area contributed by atoms with Crippen molar-refractivity contribution >= 4 is 23.3 Å². The number of nitrogens with one attached hydrogen (secondary N) is 1. The molecule has 1 fully saturated rings. The number of rotatable bonds is 3. The van der Waals surface area contributed by atoms with Gasteiger partial charge in [0.15, 0.2) is 0 Å². The van der Waals surface area contributed by atoms with E-state index in [2.05, 4.69) is 24.1 Å². The van der Waals surface area contributed by atoms with E-state index >= 15 is 0 Å². The number of carbonyl (C=O) groups is 2. The number of aryl methyl sites for hydroxylation is 1. The molecule has 7 heteroatoms. The molecule has 1 aromatic rings. The summed E-state index contributed by atoms with van der Waals surface area (Å²) in [6, 6.07) is 0.130. The number of thiazole rings is 1. The molecular weight excluding hydrogens is 290 g/mol. The molecule has 1 aromatic heterocycles. The number of hydrogen-bond donors (Lipinski definition) is 2. The quantitative estimate of drug-likeness (QED) is 0.898. The van der Waals surface area contributed by atoms with Gasteiger partial charge in [-0.2, -0.15) is 0 Å². The van der Waals surface area contributed by atoms with Crippen LogP contribution in [0.3, 0.4) is 0 Å². The first kappa shape index (κ1) is 15.8. The largest absolute Gasteiger partial charge is 0.477 e. The summed E-state index contributed by atoms with van der Waals surface area (Å²) in [5.74, 6) is -0.466. The number of piperidine rings is 1. The Morgan fingerprint density at radius 2 is 2.19 bits per heavy atom. The van der Waals surface area contributed by atoms with Gasteiger partial charge in [0.1, 0.15) is 9.88 Å². The monoisotopic (exact) mass is 311 g/mol. The number of nitrogens with zero attached hydrogens (tertiary/aromatic N) is 2. The zero-order valence-electron chi connectivity index (χ0n) is 12.5. The summed E-state index contributed by atoms with van der Waals surface area (Å²) in [5.41, 5.74) is 0.497. The highest BCUT2D eigenvalue weighted by Gasteiger charge is 2.28. The second kappa shape index (κ2) is 6.43. The van der Waals surface area contributed by atoms with E-state index < -0.39 is 5.97 Å². The van der Waals surface area contributed by atoms with E-state index in [0.717, 1.165) is 30.7 Å². The molecule has 0 radical (unpaired) electrons. The van der Waals surface area contributed by atoms with E-state index in [-0.39, 0.29) is 23.5 Å². The fraction of sp³-hybridized carbons (Fsp3) is 0.643. The van der Waals surface area contributed by atoms with Crippen molar-refractivity contribution in [3.8, 4) is 0 Å². The number of aromatic nitrogens is 1. The molecule has 0 saturated carbocycles. The molecule has 2 rings (SSSR count). The third-order valence-electron chi connectivity index (χ3n) is 4.06. The Bertz CT molecular complexity index is 544. The van der Waals surface area contributed by atoms with Gasteiger partial charge < -0.3 is 15.3 Å². The van der Waals surface area contributed by atoms with Gasteiger partial charge in [0.05, 0.1) is 12.2 Å². The van der Waals surface area contributed by atoms with Crippen molar-refractivity contribution in [2.45, 2.75) is 46.2 Å². The summed E-state index contributed by atoms with van der Waals surface area (Å²) in [5, 5.41) is 12.5. The molecule has 6 nitrogen and oxygen atoms in total. The van der Waals surface area contributed by atoms with Crippen molar-refractivity contribution in [1.82, 2.24) is 15.2 Å². The van der Waals surface area contributed by atoms with Crippen LogP contribution in [0.5, 0.6) is 0 Å². The van der Waals surface area contributed by atoms with Crippen LogP contribution in [0.1, 0.15) is 47.1 Å². The highest BCUT2D eigenvalue weighted by molar-refractivity contribution is 7.13. The molecule has 21 heavy (non-hydrogen) atoms. The number of urea groups is 1. The lowest BCUT2D eigenvalue weighted by molar-refractivity contribution is 0.0701. The summed E-state index contributed by atoms with van der Waals surface area (Å²) in [6.07, 6.45) is 2.18. The van der Waals surface area contributed by atoms with Gasteiger partial charge in [0.25, 0.3) is 0 Å². The van der Waals surface area contributed by atoms with Crippen molar-refractivity contribution in [2.75, 3.05) is 6.54 Å². The molecule has 2 amide bonds. The molecule has 0 bridgehead atoms. The molecule has 0 spiro atoms. The average molecular weight is 311 g/mol. The first-order chi connectivity index (χ1) is 9.90. The molecule has 1 saturated heterocycles. The molecule has 2 unspecified atom stereocenters. The Morgan fingerprint density at radius 3 is 2.81 bits per heavy atom. The minimum atomic E-state index is -0.971. The van der Waals surface area contributed by atoms with Crippen molar-refractivity contribution < 1.29 is 14.7 Å². The standard InChI is InChI=1S/C14H21N3O3S/c1-8-5-4-6-17(10(8)3)14(20)15-7-11-16-9(2)12(21-11)13(18)19/h8,10H,4-7H2,1-3H3,(H,15,20)(H,18,19). The highest BCUT2D eigenvalue weighted by Crippen LogP contribution is 2.23. The normalized spacial score (nSPS) is 22.1. The van der Waals surface area contributed by atoms with Gasteiger partial charge in [-0.3, -0.25) is 0 Å². The van der Waals surface area contributed by atoms with Crippen LogP contribution in [0.2, 0.25) is 0 Å². The van der Waals surface area contributed by atoms with Crippen LogP contribution in [0.15, 0.2) is 0 Å². The van der Waals surface area contributed by atoms with Gasteiger partial charge in [0, 0.05) is 12.6 Å². The van der Waals surface area contributed by atoms with E-state index in [1.165, 1.54) is 0 Å². The number of carboxylic acids is 1. The van der Waals surface area contributed by atoms with Crippen LogP contribution < -0.4 is 5.32 Å². The second-order valence-corrected chi connectivity index (χ2v) is 6.62. The van der Waals surface area contributed by atoms with E-state index in [1.807, 2.05) is 4.90 Å². The van der Waals surface area contributed by atoms with Gasteiger partial charge in [-0.15, -0.1) is 11.3 Å². The Labute approximate surface area is 128 Å². The third-order valence-corrected chi connectivity index (χ3v) is 5.21. The topological polar surface area (TPSA) is 82.5 Å². The lowest BCUT2D eigenvalue weighted by Crippen LogP contribution is -2.50. The van der Waals surface area contributed by atoms with Crippen LogP contribution >= 0.6 is 11.3 Å². The maximum absolute atomic E-state index is 12.2. The molecule has 2 N–H and O–H groups in total. The van der Waals surface area contributed by atoms with Crippen molar-refractivity contribution in [1.29, 1.82) is 0 Å².